The van der Waals surface area contributed by atoms with E-state index in [1.807, 2.05) is 30.3 Å². The molecule has 0 bridgehead atoms. The fourth-order valence-corrected chi connectivity index (χ4v) is 3.07. The van der Waals surface area contributed by atoms with Crippen molar-refractivity contribution >= 4 is 5.97 Å². The van der Waals surface area contributed by atoms with Gasteiger partial charge in [0.25, 0.3) is 0 Å². The number of aryl methyl sites for hydroxylation is 2. The highest BCUT2D eigenvalue weighted by Gasteiger charge is 2.15. The average molecular weight is 338 g/mol. The molecule has 25 heavy (non-hydrogen) atoms. The maximum atomic E-state index is 12.2. The van der Waals surface area contributed by atoms with Crippen LogP contribution in [-0.4, -0.2) is 12.1 Å². The summed E-state index contributed by atoms with van der Waals surface area (Å²) in [5.41, 5.74) is 3.41. The molecule has 0 aliphatic rings. The quantitative estimate of drug-likeness (QED) is 0.498. The van der Waals surface area contributed by atoms with Crippen LogP contribution in [0.15, 0.2) is 54.6 Å². The van der Waals surface area contributed by atoms with E-state index in [1.165, 1.54) is 17.5 Å². The summed E-state index contributed by atoms with van der Waals surface area (Å²) in [6.45, 7) is 4.34. The normalized spacial score (nSPS) is 11.9. The molecule has 2 nitrogen and oxygen atoms in total. The van der Waals surface area contributed by atoms with Gasteiger partial charge < -0.3 is 4.74 Å². The van der Waals surface area contributed by atoms with Crippen molar-refractivity contribution in [3.8, 4) is 0 Å². The summed E-state index contributed by atoms with van der Waals surface area (Å²) in [6.07, 6.45) is 7.29. The molecule has 0 heterocycles. The van der Waals surface area contributed by atoms with Crippen molar-refractivity contribution in [2.45, 2.75) is 64.9 Å². The van der Waals surface area contributed by atoms with E-state index in [0.717, 1.165) is 38.5 Å². The Labute approximate surface area is 152 Å². The van der Waals surface area contributed by atoms with Crippen molar-refractivity contribution in [2.75, 3.05) is 0 Å². The molecule has 2 rings (SSSR count). The van der Waals surface area contributed by atoms with Gasteiger partial charge >= 0.3 is 5.97 Å². The third-order valence-corrected chi connectivity index (χ3v) is 4.45. The predicted octanol–water partition coefficient (Wildman–Crippen LogP) is 5.99. The molecule has 134 valence electrons. The minimum absolute atomic E-state index is 0.0112. The minimum atomic E-state index is -0.206. The number of esters is 1. The van der Waals surface area contributed by atoms with Crippen LogP contribution in [0.3, 0.4) is 0 Å². The second-order valence-electron chi connectivity index (χ2n) is 6.64. The molecular formula is C23H30O2. The molecule has 1 unspecified atom stereocenters. The fraction of sp³-hybridized carbons (Fsp3) is 0.435. The zero-order valence-electron chi connectivity index (χ0n) is 15.5. The molecule has 0 saturated heterocycles. The number of benzene rings is 2. The van der Waals surface area contributed by atoms with Gasteiger partial charge in [-0.2, -0.15) is 0 Å². The van der Waals surface area contributed by atoms with Crippen LogP contribution < -0.4 is 0 Å². The first-order chi connectivity index (χ1) is 12.2. The molecule has 0 saturated carbocycles. The van der Waals surface area contributed by atoms with Crippen LogP contribution in [0.25, 0.3) is 0 Å². The van der Waals surface area contributed by atoms with Crippen LogP contribution in [0.2, 0.25) is 0 Å². The summed E-state index contributed by atoms with van der Waals surface area (Å²) in [4.78, 5) is 12.2. The zero-order valence-corrected chi connectivity index (χ0v) is 15.5. The second-order valence-corrected chi connectivity index (χ2v) is 6.64. The summed E-state index contributed by atoms with van der Waals surface area (Å²) < 4.78 is 5.73. The molecule has 2 aromatic carbocycles. The number of carbonyl (C=O) groups excluding carboxylic acids is 1. The van der Waals surface area contributed by atoms with Gasteiger partial charge in [0, 0.05) is 0 Å². The monoisotopic (exact) mass is 338 g/mol. The fourth-order valence-electron chi connectivity index (χ4n) is 3.07. The van der Waals surface area contributed by atoms with Gasteiger partial charge in [-0.05, 0) is 55.4 Å². The van der Waals surface area contributed by atoms with Crippen LogP contribution in [0.1, 0.15) is 67.4 Å². The summed E-state index contributed by atoms with van der Waals surface area (Å²) in [5, 5.41) is 0. The van der Waals surface area contributed by atoms with Crippen LogP contribution in [0.4, 0.5) is 0 Å². The Morgan fingerprint density at radius 3 is 2.08 bits per heavy atom. The van der Waals surface area contributed by atoms with Gasteiger partial charge in [0.2, 0.25) is 0 Å². The van der Waals surface area contributed by atoms with E-state index < -0.39 is 0 Å². The third kappa shape index (κ3) is 6.74. The number of ether oxygens (including phenoxy) is 1. The van der Waals surface area contributed by atoms with E-state index in [1.54, 1.807) is 0 Å². The summed E-state index contributed by atoms with van der Waals surface area (Å²) >= 11 is 0. The Morgan fingerprint density at radius 2 is 1.48 bits per heavy atom. The summed E-state index contributed by atoms with van der Waals surface area (Å²) in [5.74, 6) is -0.206. The standard InChI is InChI=1S/C23H30O2/c1-3-9-19-15-17-20(18-16-19)11-8-14-22(10-4-2)25-23(24)21-12-6-5-7-13-21/h5-7,12-13,15-18,22H,3-4,8-11,14H2,1-2H3. The maximum Gasteiger partial charge on any atom is 0.338 e. The van der Waals surface area contributed by atoms with Gasteiger partial charge in [0.05, 0.1) is 5.56 Å². The number of rotatable bonds is 10. The minimum Gasteiger partial charge on any atom is -0.459 e. The molecule has 0 aliphatic carbocycles. The van der Waals surface area contributed by atoms with Crippen LogP contribution in [0.5, 0.6) is 0 Å². The lowest BCUT2D eigenvalue weighted by Crippen LogP contribution is -2.18. The van der Waals surface area contributed by atoms with Crippen molar-refractivity contribution in [3.63, 3.8) is 0 Å². The second kappa shape index (κ2) is 10.7. The summed E-state index contributed by atoms with van der Waals surface area (Å²) in [6, 6.07) is 18.2. The van der Waals surface area contributed by atoms with E-state index >= 15 is 0 Å². The molecule has 0 fully saturated rings. The van der Waals surface area contributed by atoms with Crippen molar-refractivity contribution in [1.82, 2.24) is 0 Å². The van der Waals surface area contributed by atoms with E-state index in [0.29, 0.717) is 5.56 Å². The van der Waals surface area contributed by atoms with E-state index in [4.69, 9.17) is 4.74 Å². The Bertz CT molecular complexity index is 616. The number of hydrogen-bond donors (Lipinski definition) is 0. The first-order valence-electron chi connectivity index (χ1n) is 9.56. The molecule has 1 atom stereocenters. The average Bonchev–Trinajstić information content (AvgIpc) is 2.64. The Kier molecular flexibility index (Phi) is 8.24. The van der Waals surface area contributed by atoms with Gasteiger partial charge in [-0.15, -0.1) is 0 Å². The zero-order chi connectivity index (χ0) is 17.9. The van der Waals surface area contributed by atoms with E-state index in [-0.39, 0.29) is 12.1 Å². The van der Waals surface area contributed by atoms with Crippen molar-refractivity contribution in [2.24, 2.45) is 0 Å². The molecule has 0 aliphatic heterocycles. The molecule has 2 aromatic rings. The maximum absolute atomic E-state index is 12.2. The molecule has 0 spiro atoms. The molecule has 0 amide bonds. The largest absolute Gasteiger partial charge is 0.459 e. The summed E-state index contributed by atoms with van der Waals surface area (Å²) in [7, 11) is 0. The molecule has 0 aromatic heterocycles. The number of carbonyl (C=O) groups is 1. The molecular weight excluding hydrogens is 308 g/mol. The third-order valence-electron chi connectivity index (χ3n) is 4.45. The van der Waals surface area contributed by atoms with Crippen LogP contribution >= 0.6 is 0 Å². The predicted molar refractivity (Wildman–Crippen MR) is 104 cm³/mol. The molecule has 0 radical (unpaired) electrons. The number of hydrogen-bond acceptors (Lipinski definition) is 2. The first-order valence-corrected chi connectivity index (χ1v) is 9.56. The topological polar surface area (TPSA) is 26.3 Å². The highest BCUT2D eigenvalue weighted by molar-refractivity contribution is 5.89. The Morgan fingerprint density at radius 1 is 0.840 bits per heavy atom. The van der Waals surface area contributed by atoms with Gasteiger partial charge in [-0.3, -0.25) is 0 Å². The smallest absolute Gasteiger partial charge is 0.338 e. The van der Waals surface area contributed by atoms with E-state index in [2.05, 4.69) is 38.1 Å². The van der Waals surface area contributed by atoms with Gasteiger partial charge in [-0.25, -0.2) is 4.79 Å². The van der Waals surface area contributed by atoms with Gasteiger partial charge in [0.1, 0.15) is 6.10 Å². The lowest BCUT2D eigenvalue weighted by atomic mass is 10.0. The molecule has 2 heteroatoms. The Hall–Kier alpha value is -2.09. The lowest BCUT2D eigenvalue weighted by Gasteiger charge is -2.17. The lowest BCUT2D eigenvalue weighted by molar-refractivity contribution is 0.0255. The SMILES string of the molecule is CCCc1ccc(CCCC(CCC)OC(=O)c2ccccc2)cc1. The highest BCUT2D eigenvalue weighted by atomic mass is 16.5. The Balaban J connectivity index is 1.81. The van der Waals surface area contributed by atoms with Crippen LogP contribution in [-0.2, 0) is 17.6 Å². The van der Waals surface area contributed by atoms with Gasteiger partial charge in [-0.1, -0.05) is 69.2 Å². The first kappa shape index (κ1) is 19.2. The van der Waals surface area contributed by atoms with Crippen molar-refractivity contribution in [3.05, 3.63) is 71.3 Å². The highest BCUT2D eigenvalue weighted by Crippen LogP contribution is 2.16. The van der Waals surface area contributed by atoms with Crippen molar-refractivity contribution in [1.29, 1.82) is 0 Å². The van der Waals surface area contributed by atoms with Crippen LogP contribution in [0, 0.1) is 0 Å². The van der Waals surface area contributed by atoms with Gasteiger partial charge in [0.15, 0.2) is 0 Å². The molecule has 0 N–H and O–H groups in total. The van der Waals surface area contributed by atoms with Crippen molar-refractivity contribution < 1.29 is 9.53 Å². The van der Waals surface area contributed by atoms with E-state index in [9.17, 15) is 4.79 Å².